The molecule has 0 radical (unpaired) electrons. The number of hydrogen-bond acceptors (Lipinski definition) is 7. The van der Waals surface area contributed by atoms with Crippen LogP contribution in [-0.2, 0) is 19.1 Å². The van der Waals surface area contributed by atoms with Gasteiger partial charge in [0.05, 0.1) is 16.7 Å². The number of ether oxygens (including phenoxy) is 2. The smallest absolute Gasteiger partial charge is 0.346 e. The number of carboxylic acids is 1. The first-order valence-electron chi connectivity index (χ1n) is 5.46. The first-order chi connectivity index (χ1) is 9.88. The van der Waals surface area contributed by atoms with E-state index in [1.807, 2.05) is 0 Å². The van der Waals surface area contributed by atoms with Crippen LogP contribution in [0.3, 0.4) is 0 Å². The van der Waals surface area contributed by atoms with Gasteiger partial charge in [-0.15, -0.1) is 0 Å². The molecule has 0 saturated heterocycles. The Balaban J connectivity index is 0.000000194. The number of carbonyl (C=O) groups excluding carboxylic acids is 4. The van der Waals surface area contributed by atoms with Crippen LogP contribution in [0, 0.1) is 0 Å². The molecule has 0 fully saturated rings. The van der Waals surface area contributed by atoms with E-state index in [0.29, 0.717) is 0 Å². The van der Waals surface area contributed by atoms with Crippen molar-refractivity contribution in [3.05, 3.63) is 47.0 Å². The zero-order valence-electron chi connectivity index (χ0n) is 10.2. The lowest BCUT2D eigenvalue weighted by molar-refractivity contribution is -0.150. The van der Waals surface area contributed by atoms with Gasteiger partial charge in [0.25, 0.3) is 0 Å². The van der Waals surface area contributed by atoms with Crippen LogP contribution in [0.2, 0.25) is 0 Å². The molecule has 1 N–H and O–H groups in total. The Bertz CT molecular complexity index is 697. The number of carboxylic acid groups (broad SMARTS) is 1. The highest BCUT2D eigenvalue weighted by molar-refractivity contribution is 6.15. The molecule has 0 unspecified atom stereocenters. The summed E-state index contributed by atoms with van der Waals surface area (Å²) in [7, 11) is 0. The van der Waals surface area contributed by atoms with Gasteiger partial charge in [0.2, 0.25) is 0 Å². The van der Waals surface area contributed by atoms with Gasteiger partial charge in [-0.2, -0.15) is 0 Å². The van der Waals surface area contributed by atoms with Gasteiger partial charge < -0.3 is 14.6 Å². The number of aromatic carboxylic acids is 1. The molecule has 2 heterocycles. The van der Waals surface area contributed by atoms with Crippen molar-refractivity contribution in [1.29, 1.82) is 0 Å². The van der Waals surface area contributed by atoms with Gasteiger partial charge >= 0.3 is 29.8 Å². The Morgan fingerprint density at radius 3 is 1.90 bits per heavy atom. The van der Waals surface area contributed by atoms with Crippen LogP contribution in [0.4, 0.5) is 0 Å². The first-order valence-corrected chi connectivity index (χ1v) is 5.46. The molecule has 0 saturated carbocycles. The number of esters is 4. The summed E-state index contributed by atoms with van der Waals surface area (Å²) in [6, 6.07) is 3.65. The lowest BCUT2D eigenvalue weighted by atomic mass is 10.1. The van der Waals surface area contributed by atoms with Gasteiger partial charge in [-0.05, 0) is 18.2 Å². The van der Waals surface area contributed by atoms with Gasteiger partial charge in [-0.3, -0.25) is 0 Å². The van der Waals surface area contributed by atoms with Crippen LogP contribution >= 0.6 is 0 Å². The second-order valence-corrected chi connectivity index (χ2v) is 3.82. The van der Waals surface area contributed by atoms with E-state index in [9.17, 15) is 24.0 Å². The maximum atomic E-state index is 11.0. The van der Waals surface area contributed by atoms with Crippen molar-refractivity contribution >= 4 is 29.8 Å². The van der Waals surface area contributed by atoms with Crippen molar-refractivity contribution in [2.24, 2.45) is 0 Å². The van der Waals surface area contributed by atoms with Gasteiger partial charge in [0.1, 0.15) is 0 Å². The molecule has 2 aliphatic rings. The number of fused-ring (bicyclic) bond motifs is 1. The van der Waals surface area contributed by atoms with E-state index in [4.69, 9.17) is 5.11 Å². The van der Waals surface area contributed by atoms with Gasteiger partial charge in [-0.25, -0.2) is 24.0 Å². The predicted molar refractivity (Wildman–Crippen MR) is 63.4 cm³/mol. The fourth-order valence-electron chi connectivity index (χ4n) is 1.52. The molecule has 0 aromatic heterocycles. The Morgan fingerprint density at radius 2 is 1.43 bits per heavy atom. The highest BCUT2D eigenvalue weighted by atomic mass is 16.6. The highest BCUT2D eigenvalue weighted by Crippen LogP contribution is 2.20. The lowest BCUT2D eigenvalue weighted by Gasteiger charge is -1.94. The Hall–Kier alpha value is -3.29. The van der Waals surface area contributed by atoms with E-state index in [1.165, 1.54) is 12.1 Å². The molecule has 106 valence electrons. The summed E-state index contributed by atoms with van der Waals surface area (Å²) in [5.41, 5.74) is 0.0744. The molecule has 0 atom stereocenters. The number of cyclic esters (lactones) is 4. The van der Waals surface area contributed by atoms with Gasteiger partial charge in [0.15, 0.2) is 0 Å². The zero-order valence-corrected chi connectivity index (χ0v) is 10.2. The summed E-state index contributed by atoms with van der Waals surface area (Å²) in [4.78, 5) is 52.4. The van der Waals surface area contributed by atoms with Crippen molar-refractivity contribution in [3.63, 3.8) is 0 Å². The normalized spacial score (nSPS) is 15.0. The molecule has 0 bridgehead atoms. The van der Waals surface area contributed by atoms with Crippen molar-refractivity contribution in [1.82, 2.24) is 0 Å². The summed E-state index contributed by atoms with van der Waals surface area (Å²) in [5, 5.41) is 8.63. The van der Waals surface area contributed by atoms with Crippen molar-refractivity contribution < 1.29 is 38.6 Å². The predicted octanol–water partition coefficient (Wildman–Crippen LogP) is 0.321. The first kappa shape index (κ1) is 14.1. The molecule has 0 spiro atoms. The van der Waals surface area contributed by atoms with E-state index < -0.39 is 29.8 Å². The minimum Gasteiger partial charge on any atom is -0.478 e. The Labute approximate surface area is 116 Å². The number of hydrogen-bond donors (Lipinski definition) is 1. The minimum atomic E-state index is -1.15. The molecule has 3 rings (SSSR count). The monoisotopic (exact) mass is 290 g/mol. The summed E-state index contributed by atoms with van der Waals surface area (Å²) < 4.78 is 8.27. The average molecular weight is 290 g/mol. The second kappa shape index (κ2) is 5.37. The SMILES string of the molecule is O=C(O)c1ccc2c(c1)C(=O)OC2=O.O=C1C=CC(=O)O1. The molecule has 1 aromatic carbocycles. The van der Waals surface area contributed by atoms with E-state index in [0.717, 1.165) is 18.2 Å². The molecule has 21 heavy (non-hydrogen) atoms. The minimum absolute atomic E-state index is 0.00917. The van der Waals surface area contributed by atoms with E-state index in [1.54, 1.807) is 0 Å². The highest BCUT2D eigenvalue weighted by Gasteiger charge is 2.30. The van der Waals surface area contributed by atoms with Gasteiger partial charge in [0, 0.05) is 12.2 Å². The topological polar surface area (TPSA) is 124 Å². The van der Waals surface area contributed by atoms with Crippen molar-refractivity contribution in [2.45, 2.75) is 0 Å². The largest absolute Gasteiger partial charge is 0.478 e. The van der Waals surface area contributed by atoms with Crippen LogP contribution < -0.4 is 0 Å². The molecule has 8 heteroatoms. The molecule has 0 amide bonds. The maximum absolute atomic E-state index is 11.0. The summed E-state index contributed by atoms with van der Waals surface area (Å²) in [6.07, 6.45) is 2.17. The standard InChI is InChI=1S/C9H4O5.C4H2O3/c10-7(11)4-1-2-5-6(3-4)9(13)14-8(5)12;5-3-1-2-4(6)7-3/h1-3H,(H,10,11);1-2H. The third kappa shape index (κ3) is 3.00. The third-order valence-corrected chi connectivity index (χ3v) is 2.45. The van der Waals surface area contributed by atoms with Crippen molar-refractivity contribution in [2.75, 3.05) is 0 Å². The summed E-state index contributed by atoms with van der Waals surface area (Å²) >= 11 is 0. The molecule has 1 aromatic rings. The van der Waals surface area contributed by atoms with Crippen LogP contribution in [-0.4, -0.2) is 35.0 Å². The third-order valence-electron chi connectivity index (χ3n) is 2.45. The number of rotatable bonds is 1. The second-order valence-electron chi connectivity index (χ2n) is 3.82. The van der Waals surface area contributed by atoms with Crippen LogP contribution in [0.1, 0.15) is 31.1 Å². The van der Waals surface area contributed by atoms with Gasteiger partial charge in [-0.1, -0.05) is 0 Å². The van der Waals surface area contributed by atoms with Crippen molar-refractivity contribution in [3.8, 4) is 0 Å². The molecule has 8 nitrogen and oxygen atoms in total. The molecule has 2 aliphatic heterocycles. The number of carbonyl (C=O) groups is 5. The Morgan fingerprint density at radius 1 is 0.857 bits per heavy atom. The maximum Gasteiger partial charge on any atom is 0.346 e. The zero-order chi connectivity index (χ0) is 15.6. The average Bonchev–Trinajstić information content (AvgIpc) is 2.94. The number of benzene rings is 1. The lowest BCUT2D eigenvalue weighted by Crippen LogP contribution is -2.00. The quantitative estimate of drug-likeness (QED) is 0.579. The Kier molecular flexibility index (Phi) is 3.61. The molecule has 0 aliphatic carbocycles. The fraction of sp³-hybridized carbons (Fsp3) is 0. The summed E-state index contributed by atoms with van der Waals surface area (Å²) in [5.74, 6) is -3.84. The van der Waals surface area contributed by atoms with E-state index in [-0.39, 0.29) is 16.7 Å². The molecular formula is C13H6O8. The van der Waals surface area contributed by atoms with Crippen LogP contribution in [0.15, 0.2) is 30.4 Å². The van der Waals surface area contributed by atoms with Crippen LogP contribution in [0.25, 0.3) is 0 Å². The fourth-order valence-corrected chi connectivity index (χ4v) is 1.52. The van der Waals surface area contributed by atoms with Crippen LogP contribution in [0.5, 0.6) is 0 Å². The van der Waals surface area contributed by atoms with E-state index in [2.05, 4.69) is 9.47 Å². The van der Waals surface area contributed by atoms with E-state index >= 15 is 0 Å². The molecular weight excluding hydrogens is 284 g/mol. The summed E-state index contributed by atoms with van der Waals surface area (Å²) in [6.45, 7) is 0.